The van der Waals surface area contributed by atoms with E-state index < -0.39 is 17.5 Å². The standard InChI is InChI=1S/C31H35F3O/c1-2-20-3-5-23(6-4-20)26-15-16-30(35-19-26)25-13-11-22(12-14-25)21-7-9-24(10-8-21)27-17-28(32)31(34)29(33)18-27/h2,7,11-14,17-18,20,23-24,26,30H,1,3-6,8-10,15-16,19H2. The third-order valence-corrected chi connectivity index (χ3v) is 8.67. The van der Waals surface area contributed by atoms with E-state index in [4.69, 9.17) is 4.74 Å². The number of benzene rings is 2. The lowest BCUT2D eigenvalue weighted by Crippen LogP contribution is -2.29. The summed E-state index contributed by atoms with van der Waals surface area (Å²) in [6, 6.07) is 11.0. The Balaban J connectivity index is 1.15. The zero-order valence-electron chi connectivity index (χ0n) is 20.3. The van der Waals surface area contributed by atoms with Crippen LogP contribution in [0.15, 0.2) is 55.1 Å². The molecular formula is C31H35F3O. The van der Waals surface area contributed by atoms with Crippen LogP contribution < -0.4 is 0 Å². The van der Waals surface area contributed by atoms with Crippen LogP contribution in [0.5, 0.6) is 0 Å². The van der Waals surface area contributed by atoms with Crippen molar-refractivity contribution >= 4 is 5.57 Å². The van der Waals surface area contributed by atoms with Crippen LogP contribution in [0.4, 0.5) is 13.2 Å². The molecule has 2 fully saturated rings. The van der Waals surface area contributed by atoms with Crippen LogP contribution in [-0.4, -0.2) is 6.61 Å². The minimum atomic E-state index is -1.39. The Morgan fingerprint density at radius 2 is 1.49 bits per heavy atom. The molecule has 186 valence electrons. The maximum absolute atomic E-state index is 13.6. The molecule has 0 bridgehead atoms. The molecule has 3 unspecified atom stereocenters. The molecule has 0 radical (unpaired) electrons. The summed E-state index contributed by atoms with van der Waals surface area (Å²) in [6.07, 6.45) is 14.3. The van der Waals surface area contributed by atoms with Gasteiger partial charge in [-0.15, -0.1) is 6.58 Å². The monoisotopic (exact) mass is 480 g/mol. The van der Waals surface area contributed by atoms with Gasteiger partial charge in [-0.2, -0.15) is 0 Å². The molecule has 4 heteroatoms. The molecule has 0 N–H and O–H groups in total. The summed E-state index contributed by atoms with van der Waals surface area (Å²) < 4.78 is 46.9. The van der Waals surface area contributed by atoms with Crippen LogP contribution >= 0.6 is 0 Å². The van der Waals surface area contributed by atoms with Gasteiger partial charge in [0.2, 0.25) is 0 Å². The molecule has 3 atom stereocenters. The first-order valence-corrected chi connectivity index (χ1v) is 13.2. The summed E-state index contributed by atoms with van der Waals surface area (Å²) in [5.41, 5.74) is 4.23. The van der Waals surface area contributed by atoms with Crippen molar-refractivity contribution < 1.29 is 17.9 Å². The molecule has 3 aliphatic rings. The zero-order chi connectivity index (χ0) is 24.4. The highest BCUT2D eigenvalue weighted by molar-refractivity contribution is 5.66. The average molecular weight is 481 g/mol. The molecule has 1 aliphatic heterocycles. The van der Waals surface area contributed by atoms with Gasteiger partial charge < -0.3 is 4.74 Å². The number of rotatable bonds is 5. The topological polar surface area (TPSA) is 9.23 Å². The quantitative estimate of drug-likeness (QED) is 0.307. The van der Waals surface area contributed by atoms with Crippen molar-refractivity contribution in [2.24, 2.45) is 17.8 Å². The number of halogens is 3. The molecule has 5 rings (SSSR count). The Hall–Kier alpha value is -2.33. The first kappa shape index (κ1) is 24.4. The van der Waals surface area contributed by atoms with Gasteiger partial charge in [-0.05, 0) is 116 Å². The van der Waals surface area contributed by atoms with E-state index in [-0.39, 0.29) is 12.0 Å². The van der Waals surface area contributed by atoms with Gasteiger partial charge in [0, 0.05) is 0 Å². The first-order chi connectivity index (χ1) is 17.0. The van der Waals surface area contributed by atoms with Gasteiger partial charge in [0.1, 0.15) is 0 Å². The lowest BCUT2D eigenvalue weighted by atomic mass is 9.73. The summed E-state index contributed by atoms with van der Waals surface area (Å²) >= 11 is 0. The van der Waals surface area contributed by atoms with E-state index in [0.29, 0.717) is 23.8 Å². The Kier molecular flexibility index (Phi) is 7.48. The van der Waals surface area contributed by atoms with Crippen LogP contribution in [-0.2, 0) is 4.74 Å². The zero-order valence-corrected chi connectivity index (χ0v) is 20.3. The average Bonchev–Trinajstić information content (AvgIpc) is 2.92. The predicted octanol–water partition coefficient (Wildman–Crippen LogP) is 8.92. The van der Waals surface area contributed by atoms with Crippen LogP contribution in [0.25, 0.3) is 5.57 Å². The van der Waals surface area contributed by atoms with E-state index in [1.54, 1.807) is 0 Å². The van der Waals surface area contributed by atoms with Crippen molar-refractivity contribution in [2.75, 3.05) is 6.61 Å². The maximum Gasteiger partial charge on any atom is 0.194 e. The normalized spacial score (nSPS) is 29.5. The van der Waals surface area contributed by atoms with Crippen LogP contribution in [0.1, 0.15) is 86.5 Å². The molecule has 1 saturated heterocycles. The molecule has 2 aromatic carbocycles. The second-order valence-corrected chi connectivity index (χ2v) is 10.7. The predicted molar refractivity (Wildman–Crippen MR) is 134 cm³/mol. The summed E-state index contributed by atoms with van der Waals surface area (Å²) in [5, 5.41) is 0. The summed E-state index contributed by atoms with van der Waals surface area (Å²) in [7, 11) is 0. The molecule has 35 heavy (non-hydrogen) atoms. The fourth-order valence-corrected chi connectivity index (χ4v) is 6.38. The Morgan fingerprint density at radius 3 is 2.06 bits per heavy atom. The lowest BCUT2D eigenvalue weighted by Gasteiger charge is -2.37. The van der Waals surface area contributed by atoms with Gasteiger partial charge in [0.25, 0.3) is 0 Å². The molecule has 0 aromatic heterocycles. The first-order valence-electron chi connectivity index (χ1n) is 13.2. The van der Waals surface area contributed by atoms with Gasteiger partial charge in [-0.25, -0.2) is 13.2 Å². The molecule has 1 nitrogen and oxygen atoms in total. The number of hydrogen-bond donors (Lipinski definition) is 0. The van der Waals surface area contributed by atoms with Crippen molar-refractivity contribution in [1.29, 1.82) is 0 Å². The van der Waals surface area contributed by atoms with Crippen LogP contribution in [0.3, 0.4) is 0 Å². The second kappa shape index (κ2) is 10.7. The largest absolute Gasteiger partial charge is 0.373 e. The van der Waals surface area contributed by atoms with Crippen molar-refractivity contribution in [2.45, 2.75) is 69.8 Å². The third kappa shape index (κ3) is 5.43. The molecular weight excluding hydrogens is 445 g/mol. The second-order valence-electron chi connectivity index (χ2n) is 10.7. The van der Waals surface area contributed by atoms with Crippen molar-refractivity contribution in [3.05, 3.63) is 89.3 Å². The van der Waals surface area contributed by atoms with Crippen molar-refractivity contribution in [3.8, 4) is 0 Å². The third-order valence-electron chi connectivity index (χ3n) is 8.67. The fraction of sp³-hybridized carbons (Fsp3) is 0.484. The van der Waals surface area contributed by atoms with Gasteiger partial charge in [-0.3, -0.25) is 0 Å². The Labute approximate surface area is 207 Å². The number of ether oxygens (including phenoxy) is 1. The Bertz CT molecular complexity index is 1030. The molecule has 2 aromatic rings. The highest BCUT2D eigenvalue weighted by Crippen LogP contribution is 2.41. The molecule has 1 heterocycles. The van der Waals surface area contributed by atoms with E-state index in [1.807, 2.05) is 0 Å². The Morgan fingerprint density at radius 1 is 0.800 bits per heavy atom. The van der Waals surface area contributed by atoms with Gasteiger partial charge in [-0.1, -0.05) is 36.4 Å². The van der Waals surface area contributed by atoms with Gasteiger partial charge in [0.15, 0.2) is 17.5 Å². The SMILES string of the molecule is C=CC1CCC(C2CCC(c3ccc(C4=CCC(c5cc(F)c(F)c(F)c5)CC4)cc3)OC2)CC1. The van der Waals surface area contributed by atoms with Crippen molar-refractivity contribution in [3.63, 3.8) is 0 Å². The summed E-state index contributed by atoms with van der Waals surface area (Å²) in [4.78, 5) is 0. The minimum Gasteiger partial charge on any atom is -0.373 e. The van der Waals surface area contributed by atoms with E-state index >= 15 is 0 Å². The molecule has 2 aliphatic carbocycles. The maximum atomic E-state index is 13.6. The van der Waals surface area contributed by atoms with E-state index in [9.17, 15) is 13.2 Å². The van der Waals surface area contributed by atoms with Crippen molar-refractivity contribution in [1.82, 2.24) is 0 Å². The van der Waals surface area contributed by atoms with E-state index in [1.165, 1.54) is 48.8 Å². The summed E-state index contributed by atoms with van der Waals surface area (Å²) in [5.74, 6) is -1.39. The highest BCUT2D eigenvalue weighted by atomic mass is 19.2. The van der Waals surface area contributed by atoms with Gasteiger partial charge >= 0.3 is 0 Å². The molecule has 0 spiro atoms. The minimum absolute atomic E-state index is 0.0121. The summed E-state index contributed by atoms with van der Waals surface area (Å²) in [6.45, 7) is 4.83. The van der Waals surface area contributed by atoms with E-state index in [0.717, 1.165) is 43.9 Å². The smallest absolute Gasteiger partial charge is 0.194 e. The number of allylic oxidation sites excluding steroid dienone is 3. The van der Waals surface area contributed by atoms with Crippen LogP contribution in [0.2, 0.25) is 0 Å². The van der Waals surface area contributed by atoms with E-state index in [2.05, 4.69) is 43.0 Å². The molecule has 1 saturated carbocycles. The fourth-order valence-electron chi connectivity index (χ4n) is 6.38. The van der Waals surface area contributed by atoms with Gasteiger partial charge in [0.05, 0.1) is 12.7 Å². The number of hydrogen-bond acceptors (Lipinski definition) is 1. The highest BCUT2D eigenvalue weighted by Gasteiger charge is 2.31. The molecule has 0 amide bonds. The van der Waals surface area contributed by atoms with Crippen LogP contribution in [0, 0.1) is 35.2 Å². The lowest BCUT2D eigenvalue weighted by molar-refractivity contribution is -0.0395.